The standard InChI is InChI=1S/C30H31F3N4O2/c1-18-13-23(17-29(2,3)16-18)37-26-12-7-20(19-5-4-6-21(14-19)27(34)38)15-25(26)36-28(37)35-22-8-10-24(11-9-22)39-30(31,32)33/h4-12,14-15,18,23H,13,16-17H2,1-3H3,(H2,34,38)(H,35,36). The average Bonchev–Trinajstić information content (AvgIpc) is 3.20. The highest BCUT2D eigenvalue weighted by Crippen LogP contribution is 2.46. The molecule has 0 spiro atoms. The molecule has 3 N–H and O–H groups in total. The number of carbonyl (C=O) groups excluding carboxylic acids is 1. The number of fused-ring (bicyclic) bond motifs is 1. The molecule has 1 aromatic heterocycles. The summed E-state index contributed by atoms with van der Waals surface area (Å²) in [5, 5.41) is 3.33. The van der Waals surface area contributed by atoms with Gasteiger partial charge in [-0.25, -0.2) is 4.98 Å². The van der Waals surface area contributed by atoms with Gasteiger partial charge >= 0.3 is 6.36 Å². The summed E-state index contributed by atoms with van der Waals surface area (Å²) in [7, 11) is 0. The Kier molecular flexibility index (Phi) is 6.78. The van der Waals surface area contributed by atoms with Crippen LogP contribution in [0.1, 0.15) is 56.4 Å². The molecule has 0 radical (unpaired) electrons. The molecule has 39 heavy (non-hydrogen) atoms. The maximum atomic E-state index is 12.6. The van der Waals surface area contributed by atoms with Crippen LogP contribution < -0.4 is 15.8 Å². The number of alkyl halides is 3. The Hall–Kier alpha value is -4.01. The van der Waals surface area contributed by atoms with Crippen LogP contribution in [-0.2, 0) is 0 Å². The van der Waals surface area contributed by atoms with Crippen molar-refractivity contribution in [3.63, 3.8) is 0 Å². The predicted octanol–water partition coefficient (Wildman–Crippen LogP) is 7.83. The fourth-order valence-corrected chi connectivity index (χ4v) is 5.95. The van der Waals surface area contributed by atoms with Gasteiger partial charge in [0.15, 0.2) is 0 Å². The predicted molar refractivity (Wildman–Crippen MR) is 146 cm³/mol. The molecule has 204 valence electrons. The summed E-state index contributed by atoms with van der Waals surface area (Å²) < 4.78 is 44.0. The van der Waals surface area contributed by atoms with E-state index in [4.69, 9.17) is 10.7 Å². The Labute approximate surface area is 225 Å². The molecule has 4 aromatic rings. The second-order valence-electron chi connectivity index (χ2n) is 11.2. The van der Waals surface area contributed by atoms with Crippen molar-refractivity contribution in [3.8, 4) is 16.9 Å². The van der Waals surface area contributed by atoms with Crippen LogP contribution in [0.2, 0.25) is 0 Å². The third kappa shape index (κ3) is 6.02. The molecule has 2 atom stereocenters. The third-order valence-corrected chi connectivity index (χ3v) is 7.24. The summed E-state index contributed by atoms with van der Waals surface area (Å²) in [5.74, 6) is 0.368. The largest absolute Gasteiger partial charge is 0.573 e. The van der Waals surface area contributed by atoms with E-state index in [0.717, 1.165) is 41.4 Å². The summed E-state index contributed by atoms with van der Waals surface area (Å²) in [5.41, 5.74) is 10.1. The first-order chi connectivity index (χ1) is 18.4. The number of nitrogens with two attached hydrogens (primary N) is 1. The first-order valence-corrected chi connectivity index (χ1v) is 12.9. The minimum Gasteiger partial charge on any atom is -0.406 e. The van der Waals surface area contributed by atoms with Crippen molar-refractivity contribution in [2.75, 3.05) is 5.32 Å². The lowest BCUT2D eigenvalue weighted by molar-refractivity contribution is -0.274. The number of amides is 1. The number of aromatic nitrogens is 2. The van der Waals surface area contributed by atoms with E-state index in [2.05, 4.69) is 35.4 Å². The van der Waals surface area contributed by atoms with Gasteiger partial charge in [0.25, 0.3) is 0 Å². The smallest absolute Gasteiger partial charge is 0.406 e. The third-order valence-electron chi connectivity index (χ3n) is 7.24. The fraction of sp³-hybridized carbons (Fsp3) is 0.333. The van der Waals surface area contributed by atoms with Gasteiger partial charge in [-0.3, -0.25) is 4.79 Å². The lowest BCUT2D eigenvalue weighted by Crippen LogP contribution is -2.29. The van der Waals surface area contributed by atoms with Crippen LogP contribution in [0.25, 0.3) is 22.2 Å². The molecular weight excluding hydrogens is 505 g/mol. The number of nitrogens with one attached hydrogen (secondary N) is 1. The zero-order valence-electron chi connectivity index (χ0n) is 22.0. The van der Waals surface area contributed by atoms with Crippen molar-refractivity contribution in [2.45, 2.75) is 52.4 Å². The zero-order chi connectivity index (χ0) is 27.9. The van der Waals surface area contributed by atoms with Crippen molar-refractivity contribution in [1.29, 1.82) is 0 Å². The van der Waals surface area contributed by atoms with Gasteiger partial charge in [-0.05, 0) is 90.3 Å². The van der Waals surface area contributed by atoms with Crippen molar-refractivity contribution >= 4 is 28.6 Å². The molecule has 1 saturated carbocycles. The monoisotopic (exact) mass is 536 g/mol. The molecule has 1 aliphatic rings. The molecule has 0 saturated heterocycles. The van der Waals surface area contributed by atoms with Crippen molar-refractivity contribution in [3.05, 3.63) is 72.3 Å². The minimum atomic E-state index is -4.75. The van der Waals surface area contributed by atoms with E-state index in [-0.39, 0.29) is 17.2 Å². The van der Waals surface area contributed by atoms with Crippen LogP contribution in [0.15, 0.2) is 66.7 Å². The number of hydrogen-bond acceptors (Lipinski definition) is 4. The normalized spacial score (nSPS) is 19.1. The molecular formula is C30H31F3N4O2. The molecule has 2 unspecified atom stereocenters. The van der Waals surface area contributed by atoms with E-state index in [1.165, 1.54) is 12.1 Å². The van der Waals surface area contributed by atoms with Gasteiger partial charge in [0, 0.05) is 17.3 Å². The number of ether oxygens (including phenoxy) is 1. The summed E-state index contributed by atoms with van der Waals surface area (Å²) >= 11 is 0. The van der Waals surface area contributed by atoms with Gasteiger partial charge in [0.2, 0.25) is 11.9 Å². The Morgan fingerprint density at radius 1 is 1.05 bits per heavy atom. The maximum absolute atomic E-state index is 12.6. The van der Waals surface area contributed by atoms with Crippen LogP contribution in [0.5, 0.6) is 5.75 Å². The van der Waals surface area contributed by atoms with Crippen molar-refractivity contribution in [1.82, 2.24) is 9.55 Å². The van der Waals surface area contributed by atoms with Crippen molar-refractivity contribution in [2.24, 2.45) is 17.1 Å². The van der Waals surface area contributed by atoms with E-state index in [1.54, 1.807) is 30.3 Å². The first-order valence-electron chi connectivity index (χ1n) is 12.9. The molecule has 9 heteroatoms. The quantitative estimate of drug-likeness (QED) is 0.263. The topological polar surface area (TPSA) is 82.2 Å². The van der Waals surface area contributed by atoms with E-state index in [1.807, 2.05) is 24.3 Å². The molecule has 3 aromatic carbocycles. The number of nitrogens with zero attached hydrogens (tertiary/aromatic N) is 2. The average molecular weight is 537 g/mol. The number of anilines is 2. The van der Waals surface area contributed by atoms with E-state index in [9.17, 15) is 18.0 Å². The second-order valence-corrected chi connectivity index (χ2v) is 11.2. The maximum Gasteiger partial charge on any atom is 0.573 e. The van der Waals surface area contributed by atoms with E-state index < -0.39 is 12.3 Å². The van der Waals surface area contributed by atoms with Gasteiger partial charge in [0.05, 0.1) is 11.0 Å². The number of halogens is 3. The Balaban J connectivity index is 1.56. The Morgan fingerprint density at radius 2 is 1.77 bits per heavy atom. The highest BCUT2D eigenvalue weighted by molar-refractivity contribution is 5.94. The van der Waals surface area contributed by atoms with E-state index in [0.29, 0.717) is 23.1 Å². The Morgan fingerprint density at radius 3 is 2.44 bits per heavy atom. The van der Waals surface area contributed by atoms with Crippen LogP contribution in [-0.4, -0.2) is 21.8 Å². The molecule has 1 aliphatic carbocycles. The number of benzene rings is 3. The molecule has 5 rings (SSSR count). The molecule has 0 aliphatic heterocycles. The fourth-order valence-electron chi connectivity index (χ4n) is 5.95. The number of rotatable bonds is 6. The van der Waals surface area contributed by atoms with Crippen LogP contribution >= 0.6 is 0 Å². The van der Waals surface area contributed by atoms with Gasteiger partial charge in [0.1, 0.15) is 5.75 Å². The lowest BCUT2D eigenvalue weighted by atomic mass is 9.70. The zero-order valence-corrected chi connectivity index (χ0v) is 22.0. The number of carbonyl (C=O) groups is 1. The van der Waals surface area contributed by atoms with Gasteiger partial charge in [-0.2, -0.15) is 0 Å². The minimum absolute atomic E-state index is 0.155. The summed E-state index contributed by atoms with van der Waals surface area (Å²) in [6, 6.07) is 19.0. The molecule has 1 amide bonds. The molecule has 6 nitrogen and oxygen atoms in total. The Bertz CT molecular complexity index is 1510. The van der Waals surface area contributed by atoms with Crippen LogP contribution in [0, 0.1) is 11.3 Å². The van der Waals surface area contributed by atoms with Gasteiger partial charge in [-0.15, -0.1) is 13.2 Å². The summed E-state index contributed by atoms with van der Waals surface area (Å²) in [6.45, 7) is 6.83. The highest BCUT2D eigenvalue weighted by Gasteiger charge is 2.35. The van der Waals surface area contributed by atoms with Crippen LogP contribution in [0.3, 0.4) is 0 Å². The van der Waals surface area contributed by atoms with E-state index >= 15 is 0 Å². The summed E-state index contributed by atoms with van der Waals surface area (Å²) in [6.07, 6.45) is -1.65. The molecule has 0 bridgehead atoms. The first kappa shape index (κ1) is 26.6. The lowest BCUT2D eigenvalue weighted by Gasteiger charge is -2.40. The number of imidazole rings is 1. The van der Waals surface area contributed by atoms with Gasteiger partial charge < -0.3 is 20.4 Å². The second kappa shape index (κ2) is 9.94. The van der Waals surface area contributed by atoms with Crippen molar-refractivity contribution < 1.29 is 22.7 Å². The number of hydrogen-bond donors (Lipinski definition) is 2. The molecule has 1 fully saturated rings. The van der Waals surface area contributed by atoms with Gasteiger partial charge in [-0.1, -0.05) is 39.0 Å². The molecule has 1 heterocycles. The number of primary amides is 1. The van der Waals surface area contributed by atoms with Crippen LogP contribution in [0.4, 0.5) is 24.8 Å². The highest BCUT2D eigenvalue weighted by atomic mass is 19.4. The SMILES string of the molecule is CC1CC(n2c(Nc3ccc(OC(F)(F)F)cc3)nc3cc(-c4cccc(C(N)=O)c4)ccc32)CC(C)(C)C1. The summed E-state index contributed by atoms with van der Waals surface area (Å²) in [4.78, 5) is 16.6.